The molecule has 8 heteroatoms. The summed E-state index contributed by atoms with van der Waals surface area (Å²) in [4.78, 5) is 27.7. The van der Waals surface area contributed by atoms with Gasteiger partial charge in [-0.1, -0.05) is 30.3 Å². The summed E-state index contributed by atoms with van der Waals surface area (Å²) in [6.07, 6.45) is 3.58. The highest BCUT2D eigenvalue weighted by molar-refractivity contribution is 5.82. The van der Waals surface area contributed by atoms with Gasteiger partial charge in [-0.3, -0.25) is 4.79 Å². The lowest BCUT2D eigenvalue weighted by Crippen LogP contribution is -2.32. The van der Waals surface area contributed by atoms with Crippen LogP contribution in [0.5, 0.6) is 11.5 Å². The molecule has 0 fully saturated rings. The van der Waals surface area contributed by atoms with E-state index in [4.69, 9.17) is 9.47 Å². The molecule has 1 aromatic heterocycles. The Bertz CT molecular complexity index is 1500. The van der Waals surface area contributed by atoms with Crippen LogP contribution < -0.4 is 20.7 Å². The number of benzene rings is 3. The summed E-state index contributed by atoms with van der Waals surface area (Å²) in [5.41, 5.74) is 1.29. The Labute approximate surface area is 194 Å². The molecule has 172 valence electrons. The number of methoxy groups -OCH3 is 1. The fourth-order valence-electron chi connectivity index (χ4n) is 3.55. The molecule has 0 saturated heterocycles. The van der Waals surface area contributed by atoms with Crippen molar-refractivity contribution in [1.29, 1.82) is 0 Å². The summed E-state index contributed by atoms with van der Waals surface area (Å²) >= 11 is 0. The second-order valence-electron chi connectivity index (χ2n) is 7.46. The van der Waals surface area contributed by atoms with Crippen LogP contribution in [0.15, 0.2) is 88.0 Å². The molecule has 4 aromatic rings. The first kappa shape index (κ1) is 22.7. The average Bonchev–Trinajstić information content (AvgIpc) is 2.83. The minimum Gasteiger partial charge on any atom is -0.493 e. The Morgan fingerprint density at radius 3 is 2.71 bits per heavy atom. The number of aromatic amines is 1. The first-order valence-corrected chi connectivity index (χ1v) is 10.5. The van der Waals surface area contributed by atoms with E-state index in [9.17, 15) is 14.0 Å². The van der Waals surface area contributed by atoms with Crippen molar-refractivity contribution in [2.45, 2.75) is 13.0 Å². The van der Waals surface area contributed by atoms with Crippen molar-refractivity contribution in [2.75, 3.05) is 7.11 Å². The number of rotatable bonds is 8. The number of fused-ring (bicyclic) bond motifs is 1. The van der Waals surface area contributed by atoms with Gasteiger partial charge in [0.15, 0.2) is 11.5 Å². The summed E-state index contributed by atoms with van der Waals surface area (Å²) in [7, 11) is 1.50. The number of hydrogen-bond acceptors (Lipinski definition) is 5. The molecule has 0 aliphatic heterocycles. The maximum absolute atomic E-state index is 13.5. The predicted molar refractivity (Wildman–Crippen MR) is 129 cm³/mol. The summed E-state index contributed by atoms with van der Waals surface area (Å²) in [5.74, 6) is 0.575. The average molecular weight is 459 g/mol. The van der Waals surface area contributed by atoms with Crippen molar-refractivity contribution < 1.29 is 13.9 Å². The van der Waals surface area contributed by atoms with Crippen molar-refractivity contribution in [3.05, 3.63) is 117 Å². The van der Waals surface area contributed by atoms with Gasteiger partial charge in [0.05, 0.1) is 24.2 Å². The minimum absolute atomic E-state index is 0.146. The van der Waals surface area contributed by atoms with Crippen LogP contribution >= 0.6 is 0 Å². The van der Waals surface area contributed by atoms with Gasteiger partial charge in [-0.15, -0.1) is 11.3 Å². The summed E-state index contributed by atoms with van der Waals surface area (Å²) < 4.78 is 25.8. The lowest BCUT2D eigenvalue weighted by atomic mass is 10.1. The molecule has 0 spiro atoms. The van der Waals surface area contributed by atoms with E-state index in [2.05, 4.69) is 16.7 Å². The van der Waals surface area contributed by atoms with E-state index in [-0.39, 0.29) is 12.4 Å². The molecule has 7 nitrogen and oxygen atoms in total. The van der Waals surface area contributed by atoms with E-state index in [1.165, 1.54) is 25.5 Å². The Kier molecular flexibility index (Phi) is 6.68. The molecule has 1 N–H and O–H groups in total. The molecule has 4 rings (SSSR count). The van der Waals surface area contributed by atoms with Gasteiger partial charge in [0.25, 0.3) is 5.56 Å². The number of H-pyrrole nitrogens is 1. The lowest BCUT2D eigenvalue weighted by molar-refractivity contribution is 0.281. The fraction of sp³-hybridized carbons (Fsp3) is 0.115. The number of allylic oxidation sites excluding steroid dienone is 1. The molecule has 0 unspecified atom stereocenters. The Balaban J connectivity index is 1.69. The van der Waals surface area contributed by atoms with E-state index in [1.807, 2.05) is 0 Å². The van der Waals surface area contributed by atoms with Crippen LogP contribution in [-0.4, -0.2) is 23.0 Å². The second-order valence-corrected chi connectivity index (χ2v) is 7.46. The van der Waals surface area contributed by atoms with Gasteiger partial charge < -0.3 is 14.5 Å². The zero-order chi connectivity index (χ0) is 24.1. The number of nitrogens with zero attached hydrogens (tertiary/aromatic N) is 2. The van der Waals surface area contributed by atoms with Crippen LogP contribution in [0.3, 0.4) is 0 Å². The standard InChI is InChI=1S/C26H22FN3O4/c1-3-7-19-12-18(14-23(33-2)24(19)34-16-17-8-6-9-20(27)13-17)15-28-30-25(31)21-10-4-5-11-22(21)29-26(30)32/h3-6,8-15H,1,7,16H2,2H3,(H,29,32). The first-order valence-electron chi connectivity index (χ1n) is 10.5. The third-order valence-corrected chi connectivity index (χ3v) is 5.12. The van der Waals surface area contributed by atoms with Crippen molar-refractivity contribution in [3.8, 4) is 11.5 Å². The monoisotopic (exact) mass is 459 g/mol. The van der Waals surface area contributed by atoms with Gasteiger partial charge in [0.2, 0.25) is 0 Å². The minimum atomic E-state index is -0.645. The van der Waals surface area contributed by atoms with Gasteiger partial charge >= 0.3 is 5.69 Å². The zero-order valence-corrected chi connectivity index (χ0v) is 18.5. The molecule has 0 saturated carbocycles. The molecule has 3 aromatic carbocycles. The van der Waals surface area contributed by atoms with Gasteiger partial charge in [-0.25, -0.2) is 9.18 Å². The molecule has 0 radical (unpaired) electrons. The van der Waals surface area contributed by atoms with Crippen LogP contribution in [0.2, 0.25) is 0 Å². The molecule has 1 heterocycles. The largest absolute Gasteiger partial charge is 0.493 e. The van der Waals surface area contributed by atoms with Gasteiger partial charge in [0.1, 0.15) is 12.4 Å². The van der Waals surface area contributed by atoms with Crippen molar-refractivity contribution >= 4 is 17.1 Å². The zero-order valence-electron chi connectivity index (χ0n) is 18.5. The first-order chi connectivity index (χ1) is 16.5. The quantitative estimate of drug-likeness (QED) is 0.319. The molecule has 0 amide bonds. The number of para-hydroxylation sites is 1. The molecule has 0 aliphatic carbocycles. The van der Waals surface area contributed by atoms with E-state index in [0.29, 0.717) is 39.9 Å². The highest BCUT2D eigenvalue weighted by Crippen LogP contribution is 2.34. The molecular weight excluding hydrogens is 437 g/mol. The van der Waals surface area contributed by atoms with Crippen LogP contribution in [-0.2, 0) is 13.0 Å². The Morgan fingerprint density at radius 2 is 1.94 bits per heavy atom. The maximum Gasteiger partial charge on any atom is 0.349 e. The Morgan fingerprint density at radius 1 is 1.12 bits per heavy atom. The van der Waals surface area contributed by atoms with Crippen LogP contribution in [0.4, 0.5) is 4.39 Å². The van der Waals surface area contributed by atoms with Crippen molar-refractivity contribution in [3.63, 3.8) is 0 Å². The number of halogens is 1. The maximum atomic E-state index is 13.5. The predicted octanol–water partition coefficient (Wildman–Crippen LogP) is 4.03. The summed E-state index contributed by atoms with van der Waals surface area (Å²) in [5, 5.41) is 4.46. The van der Waals surface area contributed by atoms with E-state index < -0.39 is 11.2 Å². The number of nitrogens with one attached hydrogen (secondary N) is 1. The highest BCUT2D eigenvalue weighted by Gasteiger charge is 2.13. The summed E-state index contributed by atoms with van der Waals surface area (Å²) in [6, 6.07) is 16.4. The lowest BCUT2D eigenvalue weighted by Gasteiger charge is -2.16. The molecule has 0 aliphatic rings. The van der Waals surface area contributed by atoms with Gasteiger partial charge in [-0.2, -0.15) is 5.10 Å². The highest BCUT2D eigenvalue weighted by atomic mass is 19.1. The smallest absolute Gasteiger partial charge is 0.349 e. The van der Waals surface area contributed by atoms with Crippen LogP contribution in [0.1, 0.15) is 16.7 Å². The van der Waals surface area contributed by atoms with Crippen molar-refractivity contribution in [1.82, 2.24) is 9.66 Å². The fourth-order valence-corrected chi connectivity index (χ4v) is 3.55. The SMILES string of the molecule is C=CCc1cc(C=Nn2c(=O)[nH]c3ccccc3c2=O)cc(OC)c1OCc1cccc(F)c1. The molecule has 0 atom stereocenters. The van der Waals surface area contributed by atoms with Gasteiger partial charge in [0, 0.05) is 5.56 Å². The summed E-state index contributed by atoms with van der Waals surface area (Å²) in [6.45, 7) is 3.93. The van der Waals surface area contributed by atoms with Crippen molar-refractivity contribution in [2.24, 2.45) is 5.10 Å². The topological polar surface area (TPSA) is 85.7 Å². The second kappa shape index (κ2) is 9.99. The van der Waals surface area contributed by atoms with Crippen LogP contribution in [0, 0.1) is 5.82 Å². The normalized spacial score (nSPS) is 11.1. The Hall–Kier alpha value is -4.46. The molecule has 34 heavy (non-hydrogen) atoms. The van der Waals surface area contributed by atoms with E-state index in [1.54, 1.807) is 54.6 Å². The molecular formula is C26H22FN3O4. The number of ether oxygens (including phenoxy) is 2. The number of aromatic nitrogens is 2. The van der Waals surface area contributed by atoms with Crippen LogP contribution in [0.25, 0.3) is 10.9 Å². The van der Waals surface area contributed by atoms with Gasteiger partial charge in [-0.05, 0) is 53.9 Å². The third-order valence-electron chi connectivity index (χ3n) is 5.12. The number of hydrogen-bond donors (Lipinski definition) is 1. The molecule has 0 bridgehead atoms. The van der Waals surface area contributed by atoms with E-state index in [0.717, 1.165) is 10.2 Å². The third kappa shape index (κ3) is 4.80. The van der Waals surface area contributed by atoms with E-state index >= 15 is 0 Å².